The number of aromatic nitrogens is 1. The van der Waals surface area contributed by atoms with Gasteiger partial charge in [0.25, 0.3) is 5.91 Å². The van der Waals surface area contributed by atoms with Crippen molar-refractivity contribution in [3.05, 3.63) is 48.3 Å². The highest BCUT2D eigenvalue weighted by molar-refractivity contribution is 5.95. The second kappa shape index (κ2) is 7.88. The zero-order valence-corrected chi connectivity index (χ0v) is 14.6. The molecular formula is C19H23N3O3. The molecule has 6 heteroatoms. The SMILES string of the molecule is CCOc1ccc(C(=O)N2CCN(c3ccncc3)CC2)cc1OC. The van der Waals surface area contributed by atoms with Gasteiger partial charge in [-0.25, -0.2) is 0 Å². The van der Waals surface area contributed by atoms with Crippen molar-refractivity contribution in [3.63, 3.8) is 0 Å². The van der Waals surface area contributed by atoms with Crippen LogP contribution in [0.15, 0.2) is 42.7 Å². The molecule has 1 saturated heterocycles. The Morgan fingerprint density at radius 1 is 1.08 bits per heavy atom. The zero-order chi connectivity index (χ0) is 17.6. The standard InChI is InChI=1S/C19H23N3O3/c1-3-25-17-5-4-15(14-18(17)24-2)19(23)22-12-10-21(11-13-22)16-6-8-20-9-7-16/h4-9,14H,3,10-13H2,1-2H3. The molecule has 1 aromatic heterocycles. The van der Waals surface area contributed by atoms with Crippen LogP contribution in [0.25, 0.3) is 0 Å². The van der Waals surface area contributed by atoms with Gasteiger partial charge >= 0.3 is 0 Å². The monoisotopic (exact) mass is 341 g/mol. The summed E-state index contributed by atoms with van der Waals surface area (Å²) < 4.78 is 10.9. The lowest BCUT2D eigenvalue weighted by molar-refractivity contribution is 0.0746. The fourth-order valence-electron chi connectivity index (χ4n) is 2.98. The van der Waals surface area contributed by atoms with Crippen molar-refractivity contribution >= 4 is 11.6 Å². The van der Waals surface area contributed by atoms with Crippen LogP contribution >= 0.6 is 0 Å². The summed E-state index contributed by atoms with van der Waals surface area (Å²) in [5.41, 5.74) is 1.77. The molecule has 132 valence electrons. The molecule has 0 bridgehead atoms. The molecule has 6 nitrogen and oxygen atoms in total. The molecule has 0 atom stereocenters. The molecule has 1 fully saturated rings. The molecule has 0 N–H and O–H groups in total. The Balaban J connectivity index is 1.66. The number of hydrogen-bond donors (Lipinski definition) is 0. The average molecular weight is 341 g/mol. The van der Waals surface area contributed by atoms with Crippen molar-refractivity contribution in [3.8, 4) is 11.5 Å². The summed E-state index contributed by atoms with van der Waals surface area (Å²) in [5, 5.41) is 0. The van der Waals surface area contributed by atoms with Gasteiger partial charge in [-0.05, 0) is 37.3 Å². The minimum absolute atomic E-state index is 0.0238. The maximum atomic E-state index is 12.8. The molecule has 1 aliphatic heterocycles. The van der Waals surface area contributed by atoms with E-state index < -0.39 is 0 Å². The van der Waals surface area contributed by atoms with Crippen LogP contribution < -0.4 is 14.4 Å². The first kappa shape index (κ1) is 17.1. The zero-order valence-electron chi connectivity index (χ0n) is 14.6. The lowest BCUT2D eigenvalue weighted by Gasteiger charge is -2.36. The maximum absolute atomic E-state index is 12.8. The third-order valence-corrected chi connectivity index (χ3v) is 4.31. The second-order valence-electron chi connectivity index (χ2n) is 5.78. The average Bonchev–Trinajstić information content (AvgIpc) is 2.69. The molecule has 0 aliphatic carbocycles. The van der Waals surface area contributed by atoms with E-state index in [1.54, 1.807) is 37.7 Å². The molecule has 2 heterocycles. The predicted octanol–water partition coefficient (Wildman–Crippen LogP) is 2.45. The Morgan fingerprint density at radius 2 is 1.80 bits per heavy atom. The normalized spacial score (nSPS) is 14.3. The topological polar surface area (TPSA) is 54.9 Å². The number of methoxy groups -OCH3 is 1. The van der Waals surface area contributed by atoms with E-state index in [0.717, 1.165) is 18.8 Å². The highest BCUT2D eigenvalue weighted by atomic mass is 16.5. The molecule has 0 radical (unpaired) electrons. The van der Waals surface area contributed by atoms with E-state index in [4.69, 9.17) is 9.47 Å². The number of anilines is 1. The molecule has 0 spiro atoms. The molecule has 0 saturated carbocycles. The first-order valence-corrected chi connectivity index (χ1v) is 8.48. The quantitative estimate of drug-likeness (QED) is 0.836. The molecule has 3 rings (SSSR count). The summed E-state index contributed by atoms with van der Waals surface area (Å²) >= 11 is 0. The largest absolute Gasteiger partial charge is 0.493 e. The Hall–Kier alpha value is -2.76. The number of benzene rings is 1. The number of carbonyl (C=O) groups is 1. The van der Waals surface area contributed by atoms with E-state index >= 15 is 0 Å². The summed E-state index contributed by atoms with van der Waals surface area (Å²) in [5.74, 6) is 1.27. The van der Waals surface area contributed by atoms with Gasteiger partial charge in [0.05, 0.1) is 13.7 Å². The number of nitrogens with zero attached hydrogens (tertiary/aromatic N) is 3. The molecule has 1 aromatic carbocycles. The van der Waals surface area contributed by atoms with E-state index in [0.29, 0.717) is 36.8 Å². The van der Waals surface area contributed by atoms with Gasteiger partial charge in [0.1, 0.15) is 0 Å². The molecular weight excluding hydrogens is 318 g/mol. The lowest BCUT2D eigenvalue weighted by Crippen LogP contribution is -2.48. The number of carbonyl (C=O) groups excluding carboxylic acids is 1. The van der Waals surface area contributed by atoms with E-state index in [1.807, 2.05) is 24.0 Å². The van der Waals surface area contributed by atoms with Crippen molar-refractivity contribution in [1.82, 2.24) is 9.88 Å². The Bertz CT molecular complexity index is 713. The molecule has 2 aromatic rings. The minimum atomic E-state index is 0.0238. The Kier molecular flexibility index (Phi) is 5.38. The molecule has 1 aliphatic rings. The first-order valence-electron chi connectivity index (χ1n) is 8.48. The first-order chi connectivity index (χ1) is 12.2. The van der Waals surface area contributed by atoms with Crippen molar-refractivity contribution in [2.75, 3.05) is 44.8 Å². The van der Waals surface area contributed by atoms with Crippen LogP contribution in [0.3, 0.4) is 0 Å². The summed E-state index contributed by atoms with van der Waals surface area (Å²) in [6.45, 7) is 5.47. The van der Waals surface area contributed by atoms with Gasteiger partial charge in [-0.3, -0.25) is 9.78 Å². The van der Waals surface area contributed by atoms with Gasteiger partial charge in [0.15, 0.2) is 11.5 Å². The van der Waals surface area contributed by atoms with Gasteiger partial charge in [-0.15, -0.1) is 0 Å². The summed E-state index contributed by atoms with van der Waals surface area (Å²) in [6, 6.07) is 9.33. The highest BCUT2D eigenvalue weighted by Crippen LogP contribution is 2.28. The summed E-state index contributed by atoms with van der Waals surface area (Å²) in [6.07, 6.45) is 3.58. The Morgan fingerprint density at radius 3 is 2.44 bits per heavy atom. The number of ether oxygens (including phenoxy) is 2. The minimum Gasteiger partial charge on any atom is -0.493 e. The highest BCUT2D eigenvalue weighted by Gasteiger charge is 2.23. The number of amides is 1. The van der Waals surface area contributed by atoms with Crippen LogP contribution in [0.2, 0.25) is 0 Å². The Labute approximate surface area is 148 Å². The molecule has 25 heavy (non-hydrogen) atoms. The van der Waals surface area contributed by atoms with Gasteiger partial charge in [-0.1, -0.05) is 0 Å². The fraction of sp³-hybridized carbons (Fsp3) is 0.368. The lowest BCUT2D eigenvalue weighted by atomic mass is 10.1. The number of hydrogen-bond acceptors (Lipinski definition) is 5. The maximum Gasteiger partial charge on any atom is 0.254 e. The van der Waals surface area contributed by atoms with Crippen LogP contribution in [0.4, 0.5) is 5.69 Å². The summed E-state index contributed by atoms with van der Waals surface area (Å²) in [7, 11) is 1.58. The number of rotatable bonds is 5. The van der Waals surface area contributed by atoms with Gasteiger partial charge in [0, 0.05) is 49.8 Å². The third kappa shape index (κ3) is 3.84. The van der Waals surface area contributed by atoms with Crippen LogP contribution in [0.1, 0.15) is 17.3 Å². The van der Waals surface area contributed by atoms with E-state index in [1.165, 1.54) is 0 Å². The van der Waals surface area contributed by atoms with Gasteiger partial charge in [-0.2, -0.15) is 0 Å². The van der Waals surface area contributed by atoms with E-state index in [9.17, 15) is 4.79 Å². The summed E-state index contributed by atoms with van der Waals surface area (Å²) in [4.78, 5) is 21.0. The van der Waals surface area contributed by atoms with Crippen LogP contribution in [-0.4, -0.2) is 55.7 Å². The van der Waals surface area contributed by atoms with Crippen LogP contribution in [-0.2, 0) is 0 Å². The smallest absolute Gasteiger partial charge is 0.254 e. The predicted molar refractivity (Wildman–Crippen MR) is 96.5 cm³/mol. The van der Waals surface area contributed by atoms with E-state index in [2.05, 4.69) is 9.88 Å². The van der Waals surface area contributed by atoms with Gasteiger partial charge in [0.2, 0.25) is 0 Å². The third-order valence-electron chi connectivity index (χ3n) is 4.31. The number of pyridine rings is 1. The van der Waals surface area contributed by atoms with Crippen molar-refractivity contribution in [1.29, 1.82) is 0 Å². The number of piperazine rings is 1. The van der Waals surface area contributed by atoms with Crippen LogP contribution in [0.5, 0.6) is 11.5 Å². The second-order valence-corrected chi connectivity index (χ2v) is 5.78. The van der Waals surface area contributed by atoms with Gasteiger partial charge < -0.3 is 19.3 Å². The van der Waals surface area contributed by atoms with Crippen molar-refractivity contribution in [2.45, 2.75) is 6.92 Å². The van der Waals surface area contributed by atoms with Crippen molar-refractivity contribution in [2.24, 2.45) is 0 Å². The fourth-order valence-corrected chi connectivity index (χ4v) is 2.98. The van der Waals surface area contributed by atoms with Crippen molar-refractivity contribution < 1.29 is 14.3 Å². The molecule has 1 amide bonds. The van der Waals surface area contributed by atoms with Crippen LogP contribution in [0, 0.1) is 0 Å². The van der Waals surface area contributed by atoms with E-state index in [-0.39, 0.29) is 5.91 Å². The molecule has 0 unspecified atom stereocenters.